The predicted molar refractivity (Wildman–Crippen MR) is 98.4 cm³/mol. The molecule has 5 rings (SSSR count). The fourth-order valence-electron chi connectivity index (χ4n) is 3.97. The van der Waals surface area contributed by atoms with Crippen LogP contribution < -0.4 is 10.3 Å². The van der Waals surface area contributed by atoms with Crippen molar-refractivity contribution in [2.75, 3.05) is 13.1 Å². The number of hydrogen-bond donors (Lipinski definition) is 2. The van der Waals surface area contributed by atoms with Crippen LogP contribution >= 0.6 is 0 Å². The lowest BCUT2D eigenvalue weighted by Crippen LogP contribution is -2.37. The summed E-state index contributed by atoms with van der Waals surface area (Å²) < 4.78 is 6.02. The van der Waals surface area contributed by atoms with Crippen molar-refractivity contribution in [1.29, 1.82) is 0 Å². The maximum absolute atomic E-state index is 12.1. The Morgan fingerprint density at radius 2 is 2.19 bits per heavy atom. The number of aromatic amines is 1. The minimum Gasteiger partial charge on any atom is -0.456 e. The molecule has 0 bridgehead atoms. The number of aliphatic hydroxyl groups is 1. The molecular formula is C20H19N3O3. The fourth-order valence-corrected chi connectivity index (χ4v) is 3.97. The molecule has 0 aliphatic carbocycles. The van der Waals surface area contributed by atoms with Crippen molar-refractivity contribution < 1.29 is 9.84 Å². The van der Waals surface area contributed by atoms with Gasteiger partial charge >= 0.3 is 0 Å². The third kappa shape index (κ3) is 2.50. The van der Waals surface area contributed by atoms with Gasteiger partial charge in [-0.15, -0.1) is 0 Å². The summed E-state index contributed by atoms with van der Waals surface area (Å²) in [5, 5.41) is 18.1. The largest absolute Gasteiger partial charge is 0.456 e. The van der Waals surface area contributed by atoms with Crippen molar-refractivity contribution in [2.24, 2.45) is 0 Å². The molecule has 1 aromatic heterocycles. The Kier molecular flexibility index (Phi) is 3.55. The number of H-pyrrole nitrogens is 1. The molecule has 1 atom stereocenters. The molecule has 2 aliphatic rings. The lowest BCUT2D eigenvalue weighted by atomic mass is 9.98. The van der Waals surface area contributed by atoms with Crippen LogP contribution in [0.15, 0.2) is 41.2 Å². The van der Waals surface area contributed by atoms with Gasteiger partial charge in [-0.3, -0.25) is 9.69 Å². The van der Waals surface area contributed by atoms with E-state index in [0.29, 0.717) is 17.7 Å². The normalized spacial score (nSPS) is 19.2. The first kappa shape index (κ1) is 15.5. The van der Waals surface area contributed by atoms with E-state index in [-0.39, 0.29) is 11.7 Å². The minimum atomic E-state index is -0.239. The second-order valence-electron chi connectivity index (χ2n) is 7.04. The number of nitrogens with zero attached hydrogens (tertiary/aromatic N) is 2. The highest BCUT2D eigenvalue weighted by Crippen LogP contribution is 2.44. The average Bonchev–Trinajstić information content (AvgIpc) is 2.64. The van der Waals surface area contributed by atoms with Crippen LogP contribution in [0.5, 0.6) is 11.5 Å². The summed E-state index contributed by atoms with van der Waals surface area (Å²) in [5.74, 6) is 1.41. The Bertz CT molecular complexity index is 1060. The first-order valence-electron chi connectivity index (χ1n) is 8.92. The molecule has 3 aromatic rings. The SMILES string of the molecule is O=c1[nH]nc2c3c(cccc13)Oc1ccc(CN3CCCC(O)C3)cc1-2. The van der Waals surface area contributed by atoms with Crippen LogP contribution in [-0.2, 0) is 6.54 Å². The summed E-state index contributed by atoms with van der Waals surface area (Å²) in [6, 6.07) is 11.6. The van der Waals surface area contributed by atoms with Gasteiger partial charge in [-0.2, -0.15) is 5.10 Å². The van der Waals surface area contributed by atoms with E-state index in [1.165, 1.54) is 0 Å². The van der Waals surface area contributed by atoms with Crippen molar-refractivity contribution in [3.8, 4) is 22.8 Å². The number of benzene rings is 2. The van der Waals surface area contributed by atoms with E-state index in [1.54, 1.807) is 6.07 Å². The third-order valence-electron chi connectivity index (χ3n) is 5.18. The van der Waals surface area contributed by atoms with Gasteiger partial charge in [-0.1, -0.05) is 12.1 Å². The number of ether oxygens (including phenoxy) is 1. The molecule has 0 radical (unpaired) electrons. The van der Waals surface area contributed by atoms with Crippen molar-refractivity contribution in [2.45, 2.75) is 25.5 Å². The van der Waals surface area contributed by atoms with E-state index >= 15 is 0 Å². The molecule has 3 heterocycles. The zero-order valence-corrected chi connectivity index (χ0v) is 14.2. The Hall–Kier alpha value is -2.70. The van der Waals surface area contributed by atoms with Crippen LogP contribution in [0.25, 0.3) is 22.0 Å². The van der Waals surface area contributed by atoms with Gasteiger partial charge in [0.05, 0.1) is 16.9 Å². The van der Waals surface area contributed by atoms with Gasteiger partial charge in [0.2, 0.25) is 0 Å². The smallest absolute Gasteiger partial charge is 0.272 e. The van der Waals surface area contributed by atoms with E-state index < -0.39 is 0 Å². The maximum atomic E-state index is 12.1. The van der Waals surface area contributed by atoms with Crippen LogP contribution in [-0.4, -0.2) is 39.4 Å². The molecule has 1 unspecified atom stereocenters. The van der Waals surface area contributed by atoms with Crippen LogP contribution in [0.2, 0.25) is 0 Å². The molecule has 26 heavy (non-hydrogen) atoms. The Morgan fingerprint density at radius 1 is 1.27 bits per heavy atom. The molecule has 1 saturated heterocycles. The van der Waals surface area contributed by atoms with Crippen LogP contribution in [0, 0.1) is 0 Å². The summed E-state index contributed by atoms with van der Waals surface area (Å²) in [6.45, 7) is 2.48. The first-order valence-corrected chi connectivity index (χ1v) is 8.92. The highest BCUT2D eigenvalue weighted by atomic mass is 16.5. The number of piperidine rings is 1. The monoisotopic (exact) mass is 349 g/mol. The van der Waals surface area contributed by atoms with E-state index in [4.69, 9.17) is 4.74 Å². The quantitative estimate of drug-likeness (QED) is 0.582. The standard InChI is InChI=1S/C20H19N3O3/c24-13-3-2-8-23(11-13)10-12-6-7-16-15(9-12)19-18-14(20(25)22-21-19)4-1-5-17(18)26-16/h1,4-7,9,13,24H,2-3,8,10-11H2,(H,22,25). The zero-order valence-electron chi connectivity index (χ0n) is 14.2. The molecule has 0 spiro atoms. The molecule has 0 saturated carbocycles. The van der Waals surface area contributed by atoms with E-state index in [2.05, 4.69) is 27.2 Å². The molecule has 2 N–H and O–H groups in total. The summed E-state index contributed by atoms with van der Waals surface area (Å²) in [7, 11) is 0. The number of nitrogens with one attached hydrogen (secondary N) is 1. The summed E-state index contributed by atoms with van der Waals surface area (Å²) in [5.41, 5.74) is 2.56. The number of fused-ring (bicyclic) bond motifs is 2. The Balaban J connectivity index is 1.58. The van der Waals surface area contributed by atoms with Gasteiger partial charge in [-0.25, -0.2) is 5.10 Å². The first-order chi connectivity index (χ1) is 12.7. The highest BCUT2D eigenvalue weighted by Gasteiger charge is 2.24. The van der Waals surface area contributed by atoms with Gasteiger partial charge in [0.25, 0.3) is 5.56 Å². The summed E-state index contributed by atoms with van der Waals surface area (Å²) in [4.78, 5) is 14.4. The third-order valence-corrected chi connectivity index (χ3v) is 5.18. The molecule has 0 amide bonds. The number of β-amino-alcohol motifs (C(OH)–C–C–N with tert-alkyl or cyclic N) is 1. The van der Waals surface area contributed by atoms with Gasteiger partial charge in [0, 0.05) is 18.7 Å². The molecule has 6 nitrogen and oxygen atoms in total. The zero-order chi connectivity index (χ0) is 17.7. The van der Waals surface area contributed by atoms with E-state index in [1.807, 2.05) is 18.2 Å². The Morgan fingerprint density at radius 3 is 3.08 bits per heavy atom. The summed E-state index contributed by atoms with van der Waals surface area (Å²) in [6.07, 6.45) is 1.66. The second-order valence-corrected chi connectivity index (χ2v) is 7.04. The van der Waals surface area contributed by atoms with E-state index in [0.717, 1.165) is 53.9 Å². The Labute approximate surface area is 150 Å². The molecule has 2 aliphatic heterocycles. The number of aromatic nitrogens is 2. The lowest BCUT2D eigenvalue weighted by molar-refractivity contribution is 0.0668. The molecule has 6 heteroatoms. The van der Waals surface area contributed by atoms with Crippen LogP contribution in [0.1, 0.15) is 18.4 Å². The molecule has 1 fully saturated rings. The molecular weight excluding hydrogens is 330 g/mol. The fraction of sp³-hybridized carbons (Fsp3) is 0.300. The van der Waals surface area contributed by atoms with E-state index in [9.17, 15) is 9.90 Å². The van der Waals surface area contributed by atoms with Crippen molar-refractivity contribution in [3.05, 3.63) is 52.3 Å². The lowest BCUT2D eigenvalue weighted by Gasteiger charge is -2.30. The topological polar surface area (TPSA) is 78.5 Å². The number of aliphatic hydroxyl groups excluding tert-OH is 1. The number of rotatable bonds is 2. The van der Waals surface area contributed by atoms with Gasteiger partial charge in [0.15, 0.2) is 0 Å². The van der Waals surface area contributed by atoms with Crippen LogP contribution in [0.4, 0.5) is 0 Å². The molecule has 132 valence electrons. The van der Waals surface area contributed by atoms with Crippen molar-refractivity contribution in [1.82, 2.24) is 15.1 Å². The van der Waals surface area contributed by atoms with Gasteiger partial charge in [0.1, 0.15) is 17.2 Å². The van der Waals surface area contributed by atoms with Crippen molar-refractivity contribution in [3.63, 3.8) is 0 Å². The summed E-state index contributed by atoms with van der Waals surface area (Å²) >= 11 is 0. The number of likely N-dealkylation sites (tertiary alicyclic amines) is 1. The average molecular weight is 349 g/mol. The van der Waals surface area contributed by atoms with Gasteiger partial charge in [-0.05, 0) is 49.2 Å². The predicted octanol–water partition coefficient (Wildman–Crippen LogP) is 2.65. The van der Waals surface area contributed by atoms with Crippen LogP contribution in [0.3, 0.4) is 0 Å². The van der Waals surface area contributed by atoms with Crippen molar-refractivity contribution >= 4 is 10.8 Å². The maximum Gasteiger partial charge on any atom is 0.272 e. The number of hydrogen-bond acceptors (Lipinski definition) is 5. The minimum absolute atomic E-state index is 0.212. The van der Waals surface area contributed by atoms with Gasteiger partial charge < -0.3 is 9.84 Å². The molecule has 2 aromatic carbocycles. The highest BCUT2D eigenvalue weighted by molar-refractivity contribution is 6.01. The second kappa shape index (κ2) is 5.93.